The molecule has 2 aromatic heterocycles. The van der Waals surface area contributed by atoms with Crippen molar-refractivity contribution < 1.29 is 0 Å². The summed E-state index contributed by atoms with van der Waals surface area (Å²) < 4.78 is 0. The van der Waals surface area contributed by atoms with Gasteiger partial charge in [0.25, 0.3) is 0 Å². The number of anilines is 1. The van der Waals surface area contributed by atoms with Crippen molar-refractivity contribution in [3.8, 4) is 0 Å². The number of halogens is 1. The smallest absolute Gasteiger partial charge is 0.137 e. The maximum absolute atomic E-state index is 6.19. The quantitative estimate of drug-likeness (QED) is 0.860. The number of pyridine rings is 1. The number of aromatic nitrogens is 3. The van der Waals surface area contributed by atoms with Crippen molar-refractivity contribution in [2.75, 3.05) is 5.32 Å². The molecule has 20 heavy (non-hydrogen) atoms. The molecule has 0 saturated carbocycles. The monoisotopic (exact) mass is 290 g/mol. The normalized spacial score (nSPS) is 12.5. The molecule has 0 fully saturated rings. The van der Waals surface area contributed by atoms with E-state index in [-0.39, 0.29) is 12.0 Å². The van der Waals surface area contributed by atoms with Crippen LogP contribution in [0.5, 0.6) is 0 Å². The van der Waals surface area contributed by atoms with E-state index in [9.17, 15) is 0 Å². The minimum Gasteiger partial charge on any atom is -0.363 e. The predicted octanol–water partition coefficient (Wildman–Crippen LogP) is 4.13. The van der Waals surface area contributed by atoms with E-state index in [2.05, 4.69) is 41.0 Å². The molecule has 0 spiro atoms. The zero-order valence-electron chi connectivity index (χ0n) is 12.2. The fourth-order valence-corrected chi connectivity index (χ4v) is 2.00. The van der Waals surface area contributed by atoms with Crippen LogP contribution in [-0.2, 0) is 0 Å². The van der Waals surface area contributed by atoms with Gasteiger partial charge in [-0.05, 0) is 25.5 Å². The van der Waals surface area contributed by atoms with E-state index < -0.39 is 0 Å². The second-order valence-corrected chi connectivity index (χ2v) is 5.51. The molecule has 0 aromatic carbocycles. The molecular formula is C15H19ClN4. The molecule has 5 heteroatoms. The molecule has 2 aromatic rings. The molecule has 0 aliphatic carbocycles. The van der Waals surface area contributed by atoms with Crippen LogP contribution >= 0.6 is 11.6 Å². The second-order valence-electron chi connectivity index (χ2n) is 5.15. The van der Waals surface area contributed by atoms with Gasteiger partial charge in [0.15, 0.2) is 0 Å². The number of hydrogen-bond donors (Lipinski definition) is 1. The topological polar surface area (TPSA) is 50.7 Å². The molecule has 1 unspecified atom stereocenters. The van der Waals surface area contributed by atoms with Crippen LogP contribution in [0.3, 0.4) is 0 Å². The number of nitrogens with one attached hydrogen (secondary N) is 1. The molecule has 0 radical (unpaired) electrons. The van der Waals surface area contributed by atoms with Gasteiger partial charge in [-0.15, -0.1) is 0 Å². The minimum atomic E-state index is 0.105. The van der Waals surface area contributed by atoms with Crippen molar-refractivity contribution in [3.63, 3.8) is 0 Å². The van der Waals surface area contributed by atoms with E-state index in [1.807, 2.05) is 25.3 Å². The van der Waals surface area contributed by atoms with Crippen molar-refractivity contribution in [1.82, 2.24) is 15.0 Å². The predicted molar refractivity (Wildman–Crippen MR) is 82.1 cm³/mol. The van der Waals surface area contributed by atoms with Crippen LogP contribution in [0.4, 0.5) is 5.82 Å². The van der Waals surface area contributed by atoms with Crippen LogP contribution in [0.15, 0.2) is 24.5 Å². The Morgan fingerprint density at radius 3 is 2.55 bits per heavy atom. The highest BCUT2D eigenvalue weighted by molar-refractivity contribution is 6.30. The van der Waals surface area contributed by atoms with Crippen molar-refractivity contribution >= 4 is 17.4 Å². The van der Waals surface area contributed by atoms with Crippen LogP contribution in [0, 0.1) is 6.92 Å². The van der Waals surface area contributed by atoms with Gasteiger partial charge < -0.3 is 5.32 Å². The zero-order valence-corrected chi connectivity index (χ0v) is 12.9. The lowest BCUT2D eigenvalue weighted by Gasteiger charge is -2.18. The third-order valence-corrected chi connectivity index (χ3v) is 3.53. The molecule has 0 amide bonds. The Bertz CT molecular complexity index is 584. The van der Waals surface area contributed by atoms with Crippen molar-refractivity contribution in [3.05, 3.63) is 46.6 Å². The Morgan fingerprint density at radius 1 is 1.20 bits per heavy atom. The summed E-state index contributed by atoms with van der Waals surface area (Å²) in [6.07, 6.45) is 3.61. The maximum Gasteiger partial charge on any atom is 0.137 e. The average molecular weight is 291 g/mol. The summed E-state index contributed by atoms with van der Waals surface area (Å²) in [6.45, 7) is 8.09. The lowest BCUT2D eigenvalue weighted by Crippen LogP contribution is -2.12. The van der Waals surface area contributed by atoms with Gasteiger partial charge in [0.1, 0.15) is 16.8 Å². The summed E-state index contributed by atoms with van der Waals surface area (Å²) in [6, 6.07) is 4.06. The number of nitrogens with zero attached hydrogens (tertiary/aromatic N) is 3. The summed E-state index contributed by atoms with van der Waals surface area (Å²) in [5.41, 5.74) is 1.97. The molecule has 0 aliphatic rings. The summed E-state index contributed by atoms with van der Waals surface area (Å²) in [5.74, 6) is 1.77. The van der Waals surface area contributed by atoms with E-state index in [1.165, 1.54) is 0 Å². The van der Waals surface area contributed by atoms with Crippen molar-refractivity contribution in [2.45, 2.75) is 39.7 Å². The fraction of sp³-hybridized carbons (Fsp3) is 0.400. The molecule has 4 nitrogen and oxygen atoms in total. The first-order valence-electron chi connectivity index (χ1n) is 6.69. The minimum absolute atomic E-state index is 0.105. The fourth-order valence-electron chi connectivity index (χ4n) is 1.82. The van der Waals surface area contributed by atoms with Crippen LogP contribution < -0.4 is 5.32 Å². The van der Waals surface area contributed by atoms with Gasteiger partial charge in [-0.2, -0.15) is 0 Å². The van der Waals surface area contributed by atoms with Crippen LogP contribution in [0.1, 0.15) is 49.7 Å². The Kier molecular flexibility index (Phi) is 4.55. The van der Waals surface area contributed by atoms with Gasteiger partial charge >= 0.3 is 0 Å². The molecule has 2 heterocycles. The summed E-state index contributed by atoms with van der Waals surface area (Å²) in [4.78, 5) is 13.0. The van der Waals surface area contributed by atoms with Crippen LogP contribution in [0.2, 0.25) is 5.15 Å². The molecular weight excluding hydrogens is 272 g/mol. The maximum atomic E-state index is 6.19. The third kappa shape index (κ3) is 3.25. The summed E-state index contributed by atoms with van der Waals surface area (Å²) >= 11 is 6.19. The van der Waals surface area contributed by atoms with E-state index in [1.54, 1.807) is 6.20 Å². The average Bonchev–Trinajstić information content (AvgIpc) is 2.44. The van der Waals surface area contributed by atoms with Gasteiger partial charge in [-0.1, -0.05) is 31.5 Å². The molecule has 106 valence electrons. The number of rotatable bonds is 4. The first-order chi connectivity index (χ1) is 9.49. The highest BCUT2D eigenvalue weighted by Gasteiger charge is 2.14. The van der Waals surface area contributed by atoms with Crippen LogP contribution in [0.25, 0.3) is 0 Å². The van der Waals surface area contributed by atoms with E-state index in [0.717, 1.165) is 22.8 Å². The molecule has 1 atom stereocenters. The Labute approximate surface area is 124 Å². The molecule has 2 rings (SSSR count). The Morgan fingerprint density at radius 2 is 1.95 bits per heavy atom. The van der Waals surface area contributed by atoms with Crippen molar-refractivity contribution in [1.29, 1.82) is 0 Å². The van der Waals surface area contributed by atoms with Gasteiger partial charge in [0, 0.05) is 23.9 Å². The van der Waals surface area contributed by atoms with Gasteiger partial charge in [0.2, 0.25) is 0 Å². The molecule has 1 N–H and O–H groups in total. The second kappa shape index (κ2) is 6.18. The highest BCUT2D eigenvalue weighted by atomic mass is 35.5. The zero-order chi connectivity index (χ0) is 14.7. The Balaban J connectivity index is 2.29. The van der Waals surface area contributed by atoms with E-state index in [4.69, 9.17) is 11.6 Å². The number of hydrogen-bond acceptors (Lipinski definition) is 4. The first-order valence-corrected chi connectivity index (χ1v) is 7.07. The lowest BCUT2D eigenvalue weighted by atomic mass is 10.1. The largest absolute Gasteiger partial charge is 0.363 e. The summed E-state index contributed by atoms with van der Waals surface area (Å²) in [7, 11) is 0. The van der Waals surface area contributed by atoms with Gasteiger partial charge in [-0.25, -0.2) is 9.97 Å². The van der Waals surface area contributed by atoms with Crippen LogP contribution in [-0.4, -0.2) is 15.0 Å². The molecule has 0 aliphatic heterocycles. The first kappa shape index (κ1) is 14.7. The summed E-state index contributed by atoms with van der Waals surface area (Å²) in [5, 5.41) is 3.89. The lowest BCUT2D eigenvalue weighted by molar-refractivity contribution is 0.764. The van der Waals surface area contributed by atoms with E-state index >= 15 is 0 Å². The molecule has 0 saturated heterocycles. The Hall–Kier alpha value is -1.68. The highest BCUT2D eigenvalue weighted by Crippen LogP contribution is 2.26. The third-order valence-electron chi connectivity index (χ3n) is 3.16. The van der Waals surface area contributed by atoms with Gasteiger partial charge in [-0.3, -0.25) is 4.98 Å². The van der Waals surface area contributed by atoms with E-state index in [0.29, 0.717) is 5.15 Å². The molecule has 0 bridgehead atoms. The SMILES string of the molecule is Cc1c(Cl)nc(C(C)C)nc1NC(C)c1cccnc1. The van der Waals surface area contributed by atoms with Gasteiger partial charge in [0.05, 0.1) is 6.04 Å². The standard InChI is InChI=1S/C15H19ClN4/c1-9(2)14-19-13(16)10(3)15(20-14)18-11(4)12-6-5-7-17-8-12/h5-9,11H,1-4H3,(H,18,19,20). The van der Waals surface area contributed by atoms with Crippen molar-refractivity contribution in [2.24, 2.45) is 0 Å².